The van der Waals surface area contributed by atoms with E-state index in [1.165, 1.54) is 6.92 Å². The average Bonchev–Trinajstić information content (AvgIpc) is 2.77. The van der Waals surface area contributed by atoms with E-state index in [1.807, 2.05) is 37.3 Å². The lowest BCUT2D eigenvalue weighted by molar-refractivity contribution is -0.132. The van der Waals surface area contributed by atoms with E-state index in [0.717, 1.165) is 57.5 Å². The van der Waals surface area contributed by atoms with E-state index in [-0.39, 0.29) is 11.7 Å². The van der Waals surface area contributed by atoms with Gasteiger partial charge in [-0.2, -0.15) is 0 Å². The van der Waals surface area contributed by atoms with Crippen LogP contribution in [0, 0.1) is 6.92 Å². The van der Waals surface area contributed by atoms with E-state index < -0.39 is 5.97 Å². The third-order valence-electron chi connectivity index (χ3n) is 6.15. The number of Topliss-reactive ketones (excluding diaryl/α,β-unsaturated/α-hetero) is 1. The van der Waals surface area contributed by atoms with Crippen LogP contribution < -0.4 is 14.8 Å². The zero-order valence-electron chi connectivity index (χ0n) is 18.3. The van der Waals surface area contributed by atoms with Crippen LogP contribution in [0.25, 0.3) is 10.9 Å². The number of hydrogen-bond acceptors (Lipinski definition) is 6. The number of rotatable bonds is 3. The monoisotopic (exact) mass is 428 g/mol. The number of fused-ring (bicyclic) bond motifs is 3. The summed E-state index contributed by atoms with van der Waals surface area (Å²) in [5, 5.41) is 4.54. The molecule has 0 bridgehead atoms. The van der Waals surface area contributed by atoms with Crippen LogP contribution >= 0.6 is 0 Å². The predicted molar refractivity (Wildman–Crippen MR) is 122 cm³/mol. The molecule has 0 radical (unpaired) electrons. The maximum atomic E-state index is 13.2. The van der Waals surface area contributed by atoms with Crippen molar-refractivity contribution in [3.8, 4) is 11.5 Å². The van der Waals surface area contributed by atoms with Crippen molar-refractivity contribution in [2.75, 3.05) is 12.4 Å². The number of aryl methyl sites for hydroxylation is 1. The Balaban J connectivity index is 1.76. The van der Waals surface area contributed by atoms with Gasteiger partial charge in [-0.3, -0.25) is 14.6 Å². The van der Waals surface area contributed by atoms with Crippen LogP contribution in [-0.4, -0.2) is 23.8 Å². The molecule has 2 aromatic carbocycles. The van der Waals surface area contributed by atoms with Gasteiger partial charge in [-0.1, -0.05) is 12.1 Å². The number of nitrogens with zero attached hydrogens (tertiary/aromatic N) is 1. The highest BCUT2D eigenvalue weighted by Gasteiger charge is 2.36. The molecule has 2 heterocycles. The fraction of sp³-hybridized carbons (Fsp3) is 0.269. The molecule has 6 nitrogen and oxygen atoms in total. The van der Waals surface area contributed by atoms with Gasteiger partial charge in [0.05, 0.1) is 12.6 Å². The van der Waals surface area contributed by atoms with E-state index in [4.69, 9.17) is 14.5 Å². The van der Waals surface area contributed by atoms with Crippen LogP contribution in [0.5, 0.6) is 11.5 Å². The van der Waals surface area contributed by atoms with Crippen LogP contribution in [0.1, 0.15) is 48.9 Å². The number of pyridine rings is 1. The minimum Gasteiger partial charge on any atom is -0.493 e. The summed E-state index contributed by atoms with van der Waals surface area (Å²) in [4.78, 5) is 29.4. The Morgan fingerprint density at radius 1 is 1.09 bits per heavy atom. The summed E-state index contributed by atoms with van der Waals surface area (Å²) >= 11 is 0. The molecular weight excluding hydrogens is 404 g/mol. The number of allylic oxidation sites excluding steroid dienone is 2. The van der Waals surface area contributed by atoms with Gasteiger partial charge in [0, 0.05) is 47.3 Å². The molecule has 1 aromatic heterocycles. The maximum Gasteiger partial charge on any atom is 0.308 e. The van der Waals surface area contributed by atoms with E-state index in [9.17, 15) is 9.59 Å². The van der Waals surface area contributed by atoms with Crippen molar-refractivity contribution in [1.82, 2.24) is 4.98 Å². The number of methoxy groups -OCH3 is 1. The van der Waals surface area contributed by atoms with Crippen molar-refractivity contribution in [2.45, 2.75) is 39.0 Å². The molecule has 1 atom stereocenters. The minimum atomic E-state index is -0.414. The van der Waals surface area contributed by atoms with Crippen molar-refractivity contribution < 1.29 is 19.1 Å². The smallest absolute Gasteiger partial charge is 0.308 e. The maximum absolute atomic E-state index is 13.2. The highest BCUT2D eigenvalue weighted by atomic mass is 16.6. The number of carbonyl (C=O) groups excluding carboxylic acids is 2. The molecule has 32 heavy (non-hydrogen) atoms. The van der Waals surface area contributed by atoms with Crippen molar-refractivity contribution in [3.63, 3.8) is 0 Å². The second-order valence-corrected chi connectivity index (χ2v) is 8.28. The molecule has 1 unspecified atom stereocenters. The Hall–Kier alpha value is -3.67. The molecule has 6 heteroatoms. The summed E-state index contributed by atoms with van der Waals surface area (Å²) in [6.07, 6.45) is 2.22. The number of ketones is 1. The number of ether oxygens (including phenoxy) is 2. The Morgan fingerprint density at radius 3 is 2.72 bits per heavy atom. The van der Waals surface area contributed by atoms with Gasteiger partial charge >= 0.3 is 5.97 Å². The molecule has 0 fully saturated rings. The van der Waals surface area contributed by atoms with Crippen molar-refractivity contribution in [2.24, 2.45) is 0 Å². The summed E-state index contributed by atoms with van der Waals surface area (Å²) in [6, 6.07) is 13.7. The number of aromatic nitrogens is 1. The number of esters is 1. The average molecular weight is 428 g/mol. The Morgan fingerprint density at radius 2 is 1.94 bits per heavy atom. The summed E-state index contributed by atoms with van der Waals surface area (Å²) in [5.41, 5.74) is 6.57. The Labute approximate surface area is 186 Å². The number of carbonyl (C=O) groups is 2. The second-order valence-electron chi connectivity index (χ2n) is 8.28. The standard InChI is InChI=1S/C26H24N2O4/c1-14-7-9-17-18(27-14)10-11-20-25(17)24(26-19(28-20)5-4-6-21(26)30)16-8-12-22(32-15(2)29)23(13-16)31-3/h7-13,24,28H,4-6H2,1-3H3. The number of nitrogens with one attached hydrogen (secondary N) is 1. The van der Waals surface area contributed by atoms with Crippen LogP contribution in [0.3, 0.4) is 0 Å². The van der Waals surface area contributed by atoms with Gasteiger partial charge in [0.1, 0.15) is 0 Å². The topological polar surface area (TPSA) is 77.5 Å². The van der Waals surface area contributed by atoms with Gasteiger partial charge in [0.15, 0.2) is 17.3 Å². The summed E-state index contributed by atoms with van der Waals surface area (Å²) in [7, 11) is 1.54. The molecule has 1 N–H and O–H groups in total. The molecule has 0 saturated heterocycles. The minimum absolute atomic E-state index is 0.162. The first-order valence-corrected chi connectivity index (χ1v) is 10.8. The summed E-state index contributed by atoms with van der Waals surface area (Å²) in [6.45, 7) is 3.33. The molecule has 162 valence electrons. The molecule has 5 rings (SSSR count). The first kappa shape index (κ1) is 20.2. The Bertz CT molecular complexity index is 1310. The molecule has 3 aromatic rings. The van der Waals surface area contributed by atoms with Crippen LogP contribution in [-0.2, 0) is 9.59 Å². The summed E-state index contributed by atoms with van der Waals surface area (Å²) in [5.74, 6) is 0.301. The van der Waals surface area contributed by atoms with E-state index >= 15 is 0 Å². The third kappa shape index (κ3) is 3.32. The fourth-order valence-electron chi connectivity index (χ4n) is 4.82. The quantitative estimate of drug-likeness (QED) is 0.465. The Kier molecular flexibility index (Phi) is 4.93. The molecule has 0 amide bonds. The largest absolute Gasteiger partial charge is 0.493 e. The highest BCUT2D eigenvalue weighted by Crippen LogP contribution is 2.48. The van der Waals surface area contributed by atoms with E-state index in [0.29, 0.717) is 17.9 Å². The van der Waals surface area contributed by atoms with Gasteiger partial charge in [-0.05, 0) is 61.2 Å². The fourth-order valence-corrected chi connectivity index (χ4v) is 4.82. The molecule has 2 aliphatic rings. The number of benzene rings is 2. The molecule has 1 aliphatic carbocycles. The normalized spacial score (nSPS) is 17.5. The lowest BCUT2D eigenvalue weighted by atomic mass is 9.74. The van der Waals surface area contributed by atoms with Gasteiger partial charge in [0.25, 0.3) is 0 Å². The lowest BCUT2D eigenvalue weighted by Gasteiger charge is -2.35. The number of hydrogen-bond donors (Lipinski definition) is 1. The van der Waals surface area contributed by atoms with Gasteiger partial charge in [-0.25, -0.2) is 0 Å². The highest BCUT2D eigenvalue weighted by molar-refractivity contribution is 6.03. The van der Waals surface area contributed by atoms with Crippen LogP contribution in [0.15, 0.2) is 53.7 Å². The van der Waals surface area contributed by atoms with Crippen LogP contribution in [0.4, 0.5) is 5.69 Å². The van der Waals surface area contributed by atoms with Crippen molar-refractivity contribution in [1.29, 1.82) is 0 Å². The zero-order valence-corrected chi connectivity index (χ0v) is 18.3. The molecule has 1 aliphatic heterocycles. The second kappa shape index (κ2) is 7.79. The molecule has 0 saturated carbocycles. The molecular formula is C26H24N2O4. The SMILES string of the molecule is COc1cc(C2C3=C(CCCC3=O)Nc3ccc4nc(C)ccc4c32)ccc1OC(C)=O. The van der Waals surface area contributed by atoms with Gasteiger partial charge in [-0.15, -0.1) is 0 Å². The third-order valence-corrected chi connectivity index (χ3v) is 6.15. The van der Waals surface area contributed by atoms with E-state index in [1.54, 1.807) is 13.2 Å². The van der Waals surface area contributed by atoms with Crippen molar-refractivity contribution >= 4 is 28.3 Å². The van der Waals surface area contributed by atoms with E-state index in [2.05, 4.69) is 11.4 Å². The zero-order chi connectivity index (χ0) is 22.4. The summed E-state index contributed by atoms with van der Waals surface area (Å²) < 4.78 is 10.8. The molecule has 0 spiro atoms. The predicted octanol–water partition coefficient (Wildman–Crippen LogP) is 5.04. The first-order valence-electron chi connectivity index (χ1n) is 10.8. The first-order chi connectivity index (χ1) is 15.5. The van der Waals surface area contributed by atoms with Gasteiger partial charge in [0.2, 0.25) is 0 Å². The van der Waals surface area contributed by atoms with Crippen molar-refractivity contribution in [3.05, 3.63) is 70.6 Å². The van der Waals surface area contributed by atoms with Crippen LogP contribution in [0.2, 0.25) is 0 Å². The lowest BCUT2D eigenvalue weighted by Crippen LogP contribution is -2.27. The van der Waals surface area contributed by atoms with Gasteiger partial charge < -0.3 is 14.8 Å². The number of anilines is 1.